The average Bonchev–Trinajstić information content (AvgIpc) is 2.27. The lowest BCUT2D eigenvalue weighted by Crippen LogP contribution is -1.90. The molecule has 0 aliphatic heterocycles. The molecular formula is C11H8Cl2N2O. The molecule has 0 atom stereocenters. The number of aryl methyl sites for hydroxylation is 1. The molecule has 0 fully saturated rings. The molecule has 3 nitrogen and oxygen atoms in total. The summed E-state index contributed by atoms with van der Waals surface area (Å²) < 4.78 is 5.48. The van der Waals surface area contributed by atoms with Crippen molar-refractivity contribution in [3.63, 3.8) is 0 Å². The molecule has 5 heteroatoms. The summed E-state index contributed by atoms with van der Waals surface area (Å²) in [5.41, 5.74) is 0.945. The van der Waals surface area contributed by atoms with Crippen LogP contribution < -0.4 is 4.74 Å². The molecule has 0 saturated carbocycles. The molecule has 0 unspecified atom stereocenters. The number of rotatable bonds is 2. The summed E-state index contributed by atoms with van der Waals surface area (Å²) >= 11 is 11.5. The van der Waals surface area contributed by atoms with Crippen molar-refractivity contribution in [3.05, 3.63) is 46.1 Å². The van der Waals surface area contributed by atoms with Crippen molar-refractivity contribution in [2.45, 2.75) is 6.92 Å². The van der Waals surface area contributed by atoms with E-state index in [-0.39, 0.29) is 0 Å². The maximum atomic E-state index is 5.90. The second kappa shape index (κ2) is 4.68. The molecular weight excluding hydrogens is 247 g/mol. The lowest BCUT2D eigenvalue weighted by atomic mass is 10.2. The molecule has 1 heterocycles. The van der Waals surface area contributed by atoms with Crippen LogP contribution in [0.4, 0.5) is 0 Å². The summed E-state index contributed by atoms with van der Waals surface area (Å²) in [7, 11) is 0. The Morgan fingerprint density at radius 1 is 1.06 bits per heavy atom. The van der Waals surface area contributed by atoms with E-state index in [2.05, 4.69) is 10.2 Å². The van der Waals surface area contributed by atoms with Crippen LogP contribution in [-0.2, 0) is 0 Å². The van der Waals surface area contributed by atoms with E-state index in [0.29, 0.717) is 21.8 Å². The number of hydrogen-bond acceptors (Lipinski definition) is 3. The minimum Gasteiger partial charge on any atom is -0.438 e. The Kier molecular flexibility index (Phi) is 3.27. The fraction of sp³-hybridized carbons (Fsp3) is 0.0909. The van der Waals surface area contributed by atoms with Gasteiger partial charge in [0.15, 0.2) is 5.15 Å². The highest BCUT2D eigenvalue weighted by atomic mass is 35.5. The zero-order chi connectivity index (χ0) is 11.5. The highest BCUT2D eigenvalue weighted by Crippen LogP contribution is 2.24. The first-order valence-corrected chi connectivity index (χ1v) is 5.34. The van der Waals surface area contributed by atoms with Gasteiger partial charge in [-0.25, -0.2) is 0 Å². The largest absolute Gasteiger partial charge is 0.438 e. The van der Waals surface area contributed by atoms with Crippen LogP contribution in [0.25, 0.3) is 0 Å². The van der Waals surface area contributed by atoms with Crippen molar-refractivity contribution in [2.24, 2.45) is 0 Å². The van der Waals surface area contributed by atoms with Crippen molar-refractivity contribution >= 4 is 23.2 Å². The van der Waals surface area contributed by atoms with Crippen LogP contribution in [0.3, 0.4) is 0 Å². The normalized spacial score (nSPS) is 10.2. The Bertz CT molecular complexity index is 500. The monoisotopic (exact) mass is 254 g/mol. The number of halogens is 2. The van der Waals surface area contributed by atoms with E-state index < -0.39 is 0 Å². The summed E-state index contributed by atoms with van der Waals surface area (Å²) in [6.45, 7) is 1.91. The molecule has 0 bridgehead atoms. The third-order valence-electron chi connectivity index (χ3n) is 1.96. The first kappa shape index (κ1) is 11.2. The number of aromatic nitrogens is 2. The van der Waals surface area contributed by atoms with Gasteiger partial charge in [-0.15, -0.1) is 10.2 Å². The van der Waals surface area contributed by atoms with E-state index in [1.165, 1.54) is 0 Å². The fourth-order valence-corrected chi connectivity index (χ4v) is 1.38. The molecule has 2 aromatic rings. The maximum absolute atomic E-state index is 5.90. The topological polar surface area (TPSA) is 35.0 Å². The number of nitrogens with zero attached hydrogens (tertiary/aromatic N) is 2. The van der Waals surface area contributed by atoms with E-state index in [4.69, 9.17) is 27.9 Å². The molecule has 82 valence electrons. The molecule has 1 aromatic carbocycles. The molecule has 0 N–H and O–H groups in total. The van der Waals surface area contributed by atoms with Gasteiger partial charge in [0.05, 0.1) is 0 Å². The van der Waals surface area contributed by atoms with Crippen LogP contribution in [0.2, 0.25) is 10.2 Å². The Morgan fingerprint density at radius 3 is 2.50 bits per heavy atom. The zero-order valence-corrected chi connectivity index (χ0v) is 9.96. The Morgan fingerprint density at radius 2 is 1.88 bits per heavy atom. The van der Waals surface area contributed by atoms with Gasteiger partial charge in [0.2, 0.25) is 5.88 Å². The Labute approximate surface area is 103 Å². The van der Waals surface area contributed by atoms with Crippen LogP contribution in [0.5, 0.6) is 11.6 Å². The van der Waals surface area contributed by atoms with Gasteiger partial charge in [-0.3, -0.25) is 0 Å². The van der Waals surface area contributed by atoms with Gasteiger partial charge < -0.3 is 4.74 Å². The van der Waals surface area contributed by atoms with Crippen LogP contribution >= 0.6 is 23.2 Å². The highest BCUT2D eigenvalue weighted by Gasteiger charge is 2.01. The van der Waals surface area contributed by atoms with Gasteiger partial charge in [-0.1, -0.05) is 23.2 Å². The minimum absolute atomic E-state index is 0.333. The third kappa shape index (κ3) is 2.62. The SMILES string of the molecule is Cc1cc(Oc2ccc(Cl)nn2)ccc1Cl. The predicted molar refractivity (Wildman–Crippen MR) is 63.3 cm³/mol. The second-order valence-corrected chi connectivity index (χ2v) is 4.00. The van der Waals surface area contributed by atoms with Crippen molar-refractivity contribution in [1.82, 2.24) is 10.2 Å². The molecule has 2 rings (SSSR count). The van der Waals surface area contributed by atoms with E-state index in [9.17, 15) is 0 Å². The average molecular weight is 255 g/mol. The van der Waals surface area contributed by atoms with Crippen LogP contribution in [-0.4, -0.2) is 10.2 Å². The van der Waals surface area contributed by atoms with Crippen LogP contribution in [0.15, 0.2) is 30.3 Å². The van der Waals surface area contributed by atoms with Gasteiger partial charge in [0.1, 0.15) is 5.75 Å². The van der Waals surface area contributed by atoms with Crippen molar-refractivity contribution in [1.29, 1.82) is 0 Å². The zero-order valence-electron chi connectivity index (χ0n) is 8.45. The second-order valence-electron chi connectivity index (χ2n) is 3.21. The van der Waals surface area contributed by atoms with Crippen LogP contribution in [0, 0.1) is 6.92 Å². The van der Waals surface area contributed by atoms with Crippen molar-refractivity contribution in [2.75, 3.05) is 0 Å². The molecule has 0 saturated heterocycles. The first-order chi connectivity index (χ1) is 7.65. The molecule has 0 amide bonds. The van der Waals surface area contributed by atoms with E-state index >= 15 is 0 Å². The summed E-state index contributed by atoms with van der Waals surface area (Å²) in [6.07, 6.45) is 0. The van der Waals surface area contributed by atoms with Gasteiger partial charge >= 0.3 is 0 Å². The minimum atomic E-state index is 0.333. The molecule has 0 aliphatic rings. The lowest BCUT2D eigenvalue weighted by molar-refractivity contribution is 0.455. The molecule has 0 aliphatic carbocycles. The lowest BCUT2D eigenvalue weighted by Gasteiger charge is -2.05. The standard InChI is InChI=1S/C11H8Cl2N2O/c1-7-6-8(2-3-9(7)12)16-11-5-4-10(13)14-15-11/h2-6H,1H3. The van der Waals surface area contributed by atoms with Gasteiger partial charge in [-0.05, 0) is 36.8 Å². The Balaban J connectivity index is 2.20. The molecule has 0 radical (unpaired) electrons. The van der Waals surface area contributed by atoms with E-state index in [1.807, 2.05) is 13.0 Å². The fourth-order valence-electron chi connectivity index (χ4n) is 1.16. The third-order valence-corrected chi connectivity index (χ3v) is 2.59. The van der Waals surface area contributed by atoms with Crippen molar-refractivity contribution < 1.29 is 4.74 Å². The smallest absolute Gasteiger partial charge is 0.238 e. The summed E-state index contributed by atoms with van der Waals surface area (Å²) in [6, 6.07) is 8.64. The molecule has 16 heavy (non-hydrogen) atoms. The molecule has 0 spiro atoms. The van der Waals surface area contributed by atoms with Gasteiger partial charge in [0, 0.05) is 11.1 Å². The number of ether oxygens (including phenoxy) is 1. The quantitative estimate of drug-likeness (QED) is 0.816. The number of hydrogen-bond donors (Lipinski definition) is 0. The van der Waals surface area contributed by atoms with Crippen LogP contribution in [0.1, 0.15) is 5.56 Å². The Hall–Kier alpha value is -1.32. The van der Waals surface area contributed by atoms with Gasteiger partial charge in [0.25, 0.3) is 0 Å². The first-order valence-electron chi connectivity index (χ1n) is 4.58. The summed E-state index contributed by atoms with van der Waals surface area (Å²) in [5.74, 6) is 1.06. The number of benzene rings is 1. The maximum Gasteiger partial charge on any atom is 0.238 e. The van der Waals surface area contributed by atoms with E-state index in [0.717, 1.165) is 5.56 Å². The summed E-state index contributed by atoms with van der Waals surface area (Å²) in [5, 5.41) is 8.50. The predicted octanol–water partition coefficient (Wildman–Crippen LogP) is 3.88. The van der Waals surface area contributed by atoms with Gasteiger partial charge in [-0.2, -0.15) is 0 Å². The van der Waals surface area contributed by atoms with E-state index in [1.54, 1.807) is 24.3 Å². The highest BCUT2D eigenvalue weighted by molar-refractivity contribution is 6.31. The van der Waals surface area contributed by atoms with Crippen molar-refractivity contribution in [3.8, 4) is 11.6 Å². The molecule has 1 aromatic heterocycles. The summed E-state index contributed by atoms with van der Waals surface area (Å²) in [4.78, 5) is 0.